The van der Waals surface area contributed by atoms with Gasteiger partial charge in [-0.05, 0) is 24.7 Å². The van der Waals surface area contributed by atoms with Gasteiger partial charge in [0.25, 0.3) is 0 Å². The molecule has 22 heavy (non-hydrogen) atoms. The fourth-order valence-electron chi connectivity index (χ4n) is 4.00. The van der Waals surface area contributed by atoms with E-state index in [2.05, 4.69) is 24.5 Å². The minimum absolute atomic E-state index is 0.0235. The lowest BCUT2D eigenvalue weighted by molar-refractivity contribution is -0.190. The van der Waals surface area contributed by atoms with Gasteiger partial charge in [0.1, 0.15) is 0 Å². The number of carbonyl (C=O) groups excluding carboxylic acids is 1. The average molecular weight is 319 g/mol. The van der Waals surface area contributed by atoms with E-state index in [1.54, 1.807) is 4.90 Å². The van der Waals surface area contributed by atoms with Gasteiger partial charge in [0.05, 0.1) is 5.41 Å². The zero-order chi connectivity index (χ0) is 16.2. The SMILES string of the molecule is CC1(C)CCN(C(=O)NC[C@@]23CNC[C@]2(C(F)(F)F)C3)CC1. The van der Waals surface area contributed by atoms with Crippen molar-refractivity contribution in [3.05, 3.63) is 0 Å². The number of nitrogens with one attached hydrogen (secondary N) is 2. The van der Waals surface area contributed by atoms with E-state index in [0.717, 1.165) is 12.8 Å². The fourth-order valence-corrected chi connectivity index (χ4v) is 4.00. The van der Waals surface area contributed by atoms with Crippen molar-refractivity contribution in [2.45, 2.75) is 39.3 Å². The van der Waals surface area contributed by atoms with Gasteiger partial charge in [-0.2, -0.15) is 13.2 Å². The van der Waals surface area contributed by atoms with Crippen LogP contribution < -0.4 is 10.6 Å². The zero-order valence-corrected chi connectivity index (χ0v) is 13.1. The van der Waals surface area contributed by atoms with Crippen molar-refractivity contribution in [3.8, 4) is 0 Å². The Bertz CT molecular complexity index is 469. The highest BCUT2D eigenvalue weighted by Crippen LogP contribution is 2.72. The number of urea groups is 1. The molecule has 0 aromatic heterocycles. The van der Waals surface area contributed by atoms with Gasteiger partial charge in [0.15, 0.2) is 0 Å². The lowest BCUT2D eigenvalue weighted by atomic mass is 9.83. The van der Waals surface area contributed by atoms with Crippen LogP contribution in [0.15, 0.2) is 0 Å². The van der Waals surface area contributed by atoms with E-state index >= 15 is 0 Å². The van der Waals surface area contributed by atoms with Crippen LogP contribution >= 0.6 is 0 Å². The predicted molar refractivity (Wildman–Crippen MR) is 76.4 cm³/mol. The summed E-state index contributed by atoms with van der Waals surface area (Å²) in [5.74, 6) is 0. The second-order valence-electron chi connectivity index (χ2n) is 7.95. The maximum absolute atomic E-state index is 13.2. The van der Waals surface area contributed by atoms with Gasteiger partial charge in [0.2, 0.25) is 0 Å². The lowest BCUT2D eigenvalue weighted by Gasteiger charge is -2.37. The molecule has 7 heteroatoms. The summed E-state index contributed by atoms with van der Waals surface area (Å²) in [7, 11) is 0. The van der Waals surface area contributed by atoms with Crippen molar-refractivity contribution in [2.24, 2.45) is 16.2 Å². The Kier molecular flexibility index (Phi) is 3.44. The Labute approximate surface area is 128 Å². The Morgan fingerprint density at radius 3 is 2.41 bits per heavy atom. The number of halogens is 3. The molecule has 1 aliphatic carbocycles. The first kappa shape index (κ1) is 15.9. The number of hydrogen-bond acceptors (Lipinski definition) is 2. The van der Waals surface area contributed by atoms with Gasteiger partial charge in [-0.3, -0.25) is 0 Å². The number of fused-ring (bicyclic) bond motifs is 1. The van der Waals surface area contributed by atoms with Crippen LogP contribution in [-0.2, 0) is 0 Å². The summed E-state index contributed by atoms with van der Waals surface area (Å²) < 4.78 is 39.7. The summed E-state index contributed by atoms with van der Waals surface area (Å²) >= 11 is 0. The second kappa shape index (κ2) is 4.76. The average Bonchev–Trinajstić information content (AvgIpc) is 2.93. The lowest BCUT2D eigenvalue weighted by Crippen LogP contribution is -2.48. The first-order chi connectivity index (χ1) is 10.1. The summed E-state index contributed by atoms with van der Waals surface area (Å²) in [4.78, 5) is 13.9. The van der Waals surface area contributed by atoms with Crippen molar-refractivity contribution in [1.82, 2.24) is 15.5 Å². The molecule has 3 fully saturated rings. The van der Waals surface area contributed by atoms with E-state index in [4.69, 9.17) is 0 Å². The molecule has 2 heterocycles. The normalized spacial score (nSPS) is 36.9. The minimum atomic E-state index is -4.20. The standard InChI is InChI=1S/C15H24F3N3O/c1-12(2)3-5-21(6-4-12)11(22)20-9-13-7-14(13,10-19-8-13)15(16,17)18/h19H,3-10H2,1-2H3,(H,20,22)/t13-,14-/m1/s1. The van der Waals surface area contributed by atoms with Gasteiger partial charge < -0.3 is 15.5 Å². The molecule has 3 aliphatic rings. The van der Waals surface area contributed by atoms with Crippen molar-refractivity contribution in [2.75, 3.05) is 32.7 Å². The van der Waals surface area contributed by atoms with Crippen molar-refractivity contribution in [1.29, 1.82) is 0 Å². The summed E-state index contributed by atoms with van der Waals surface area (Å²) in [6.45, 7) is 6.12. The molecule has 126 valence electrons. The quantitative estimate of drug-likeness (QED) is 0.821. The van der Waals surface area contributed by atoms with Crippen LogP contribution in [0.3, 0.4) is 0 Å². The number of rotatable bonds is 2. The molecule has 1 saturated carbocycles. The maximum Gasteiger partial charge on any atom is 0.396 e. The number of alkyl halides is 3. The molecule has 3 rings (SSSR count). The van der Waals surface area contributed by atoms with E-state index in [0.29, 0.717) is 19.6 Å². The third kappa shape index (κ3) is 2.37. The van der Waals surface area contributed by atoms with E-state index in [1.165, 1.54) is 0 Å². The van der Waals surface area contributed by atoms with Crippen molar-refractivity contribution < 1.29 is 18.0 Å². The topological polar surface area (TPSA) is 44.4 Å². The molecule has 2 saturated heterocycles. The highest BCUT2D eigenvalue weighted by atomic mass is 19.4. The van der Waals surface area contributed by atoms with Gasteiger partial charge in [0, 0.05) is 38.1 Å². The van der Waals surface area contributed by atoms with Crippen LogP contribution in [0.1, 0.15) is 33.1 Å². The third-order valence-electron chi connectivity index (χ3n) is 5.95. The smallest absolute Gasteiger partial charge is 0.337 e. The van der Waals surface area contributed by atoms with Crippen LogP contribution in [0.4, 0.5) is 18.0 Å². The van der Waals surface area contributed by atoms with Crippen molar-refractivity contribution >= 4 is 6.03 Å². The maximum atomic E-state index is 13.2. The molecule has 2 aliphatic heterocycles. The molecule has 4 nitrogen and oxygen atoms in total. The number of carbonyl (C=O) groups is 1. The number of hydrogen-bond donors (Lipinski definition) is 2. The Balaban J connectivity index is 1.55. The molecular weight excluding hydrogens is 295 g/mol. The van der Waals surface area contributed by atoms with Gasteiger partial charge in [-0.1, -0.05) is 13.8 Å². The molecule has 2 amide bonds. The number of piperidine rings is 2. The van der Waals surface area contributed by atoms with E-state index in [9.17, 15) is 18.0 Å². The van der Waals surface area contributed by atoms with Crippen LogP contribution in [0, 0.1) is 16.2 Å². The Hall–Kier alpha value is -0.980. The highest BCUT2D eigenvalue weighted by molar-refractivity contribution is 5.74. The number of likely N-dealkylation sites (tertiary alicyclic amines) is 1. The molecule has 0 aromatic rings. The van der Waals surface area contributed by atoms with Crippen LogP contribution in [0.2, 0.25) is 0 Å². The summed E-state index contributed by atoms with van der Waals surface area (Å²) in [5.41, 5.74) is -2.22. The Morgan fingerprint density at radius 2 is 1.86 bits per heavy atom. The van der Waals surface area contributed by atoms with Crippen molar-refractivity contribution in [3.63, 3.8) is 0 Å². The summed E-state index contributed by atoms with van der Waals surface area (Å²) in [6, 6.07) is -0.222. The second-order valence-corrected chi connectivity index (χ2v) is 7.95. The first-order valence-corrected chi connectivity index (χ1v) is 7.91. The fraction of sp³-hybridized carbons (Fsp3) is 0.933. The van der Waals surface area contributed by atoms with Crippen LogP contribution in [0.25, 0.3) is 0 Å². The summed E-state index contributed by atoms with van der Waals surface area (Å²) in [5, 5.41) is 5.59. The molecule has 0 aromatic carbocycles. The van der Waals surface area contributed by atoms with Crippen LogP contribution in [0.5, 0.6) is 0 Å². The molecule has 2 atom stereocenters. The highest BCUT2D eigenvalue weighted by Gasteiger charge is 2.81. The van der Waals surface area contributed by atoms with E-state index in [1.807, 2.05) is 0 Å². The Morgan fingerprint density at radius 1 is 1.23 bits per heavy atom. The van der Waals surface area contributed by atoms with Gasteiger partial charge in [-0.15, -0.1) is 0 Å². The molecular formula is C15H24F3N3O. The third-order valence-corrected chi connectivity index (χ3v) is 5.95. The summed E-state index contributed by atoms with van der Waals surface area (Å²) in [6.07, 6.45) is -2.21. The zero-order valence-electron chi connectivity index (χ0n) is 13.1. The number of nitrogens with zero attached hydrogens (tertiary/aromatic N) is 1. The largest absolute Gasteiger partial charge is 0.396 e. The molecule has 0 radical (unpaired) electrons. The van der Waals surface area contributed by atoms with Gasteiger partial charge in [-0.25, -0.2) is 4.79 Å². The first-order valence-electron chi connectivity index (χ1n) is 7.91. The van der Waals surface area contributed by atoms with Gasteiger partial charge >= 0.3 is 12.2 Å². The predicted octanol–water partition coefficient (Wildman–Crippen LogP) is 2.36. The number of amides is 2. The monoisotopic (exact) mass is 319 g/mol. The molecule has 0 spiro atoms. The molecule has 2 N–H and O–H groups in total. The minimum Gasteiger partial charge on any atom is -0.337 e. The van der Waals surface area contributed by atoms with E-state index < -0.39 is 17.0 Å². The molecule has 0 bridgehead atoms. The van der Waals surface area contributed by atoms with Crippen LogP contribution in [-0.4, -0.2) is 49.8 Å². The van der Waals surface area contributed by atoms with E-state index in [-0.39, 0.29) is 31.0 Å². The molecule has 0 unspecified atom stereocenters.